The Morgan fingerprint density at radius 1 is 0.511 bits per heavy atom. The van der Waals surface area contributed by atoms with Gasteiger partial charge in [0.15, 0.2) is 56.2 Å². The molecule has 12 fully saturated rings. The summed E-state index contributed by atoms with van der Waals surface area (Å²) < 4.78 is 109. The smallest absolute Gasteiger partial charge is 0.333 e. The number of aliphatic hydroxyl groups is 21. The maximum Gasteiger partial charge on any atom is 0.333 e. The number of hydrogen-bond donors (Lipinski definition) is 22. The van der Waals surface area contributed by atoms with Crippen LogP contribution in [0.15, 0.2) is 36.0 Å². The van der Waals surface area contributed by atoms with Crippen LogP contribution < -0.4 is 5.32 Å². The first kappa shape index (κ1) is 104. The zero-order valence-corrected chi connectivity index (χ0v) is 75.2. The second-order valence-electron chi connectivity index (χ2n) is 40.2. The molecule has 44 heteroatoms. The van der Waals surface area contributed by atoms with Gasteiger partial charge in [-0.15, -0.1) is 6.58 Å². The second kappa shape index (κ2) is 40.8. The summed E-state index contributed by atoms with van der Waals surface area (Å²) in [6, 6.07) is -1.51. The van der Waals surface area contributed by atoms with Crippen molar-refractivity contribution < 1.29 is 212 Å². The van der Waals surface area contributed by atoms with Gasteiger partial charge < -0.3 is 198 Å². The molecule has 1 amide bonds. The molecule has 0 bridgehead atoms. The van der Waals surface area contributed by atoms with Gasteiger partial charge in [0.1, 0.15) is 165 Å². The molecule has 22 N–H and O–H groups in total. The maximum atomic E-state index is 16.5. The molecule has 131 heavy (non-hydrogen) atoms. The summed E-state index contributed by atoms with van der Waals surface area (Å²) in [5.41, 5.74) is -6.72. The van der Waals surface area contributed by atoms with Crippen molar-refractivity contribution in [3.05, 3.63) is 36.0 Å². The summed E-state index contributed by atoms with van der Waals surface area (Å²) in [5.74, 6) is -5.11. The highest BCUT2D eigenvalue weighted by Gasteiger charge is 2.75. The molecule has 46 atom stereocenters. The van der Waals surface area contributed by atoms with E-state index in [4.69, 9.17) is 85.3 Å². The summed E-state index contributed by atoms with van der Waals surface area (Å²) in [6.07, 6.45) is -58.6. The van der Waals surface area contributed by atoms with E-state index in [1.54, 1.807) is 0 Å². The maximum absolute atomic E-state index is 16.5. The summed E-state index contributed by atoms with van der Waals surface area (Å²) >= 11 is 0. The number of esters is 3. The summed E-state index contributed by atoms with van der Waals surface area (Å²) in [5, 5.41) is 240. The van der Waals surface area contributed by atoms with E-state index in [1.165, 1.54) is 32.9 Å². The van der Waals surface area contributed by atoms with Crippen LogP contribution in [0.1, 0.15) is 140 Å². The quantitative estimate of drug-likeness (QED) is 0.0114. The third kappa shape index (κ3) is 20.2. The molecule has 748 valence electrons. The van der Waals surface area contributed by atoms with Crippen LogP contribution >= 0.6 is 0 Å². The Kier molecular flexibility index (Phi) is 32.4. The number of fused-ring (bicyclic) bond motifs is 7. The molecule has 44 nitrogen and oxygen atoms in total. The first-order valence-corrected chi connectivity index (χ1v) is 45.1. The zero-order valence-electron chi connectivity index (χ0n) is 75.2. The largest absolute Gasteiger partial charge is 0.463 e. The predicted molar refractivity (Wildman–Crippen MR) is 435 cm³/mol. The van der Waals surface area contributed by atoms with Gasteiger partial charge in [0.25, 0.3) is 0 Å². The van der Waals surface area contributed by atoms with Crippen LogP contribution in [0.25, 0.3) is 0 Å². The standard InChI is InChI=1S/C87H137NO43/c1-13-83(9,113)20-14-15-34(2)71(111)125-64-40(95)30-117-75(62(64)109)128-68-45(32-114-36(4)92)123-79(69(60(68)107)130-76-63(110)66(42(97)31-118-76)127-77-58(105)54(101)44(27-90)121-77)131-80(112)87-24-37(93)23-81(5,6)70(87)38-16-17-48-84(10)21-19-50(82(7,8)47(84)18-22-85(48,11)86(38,12)25-49(87)98)124-72-51(88-35(3)91)55(102)67(129-78-59(106)56(103)53(100)43(26-89)120-78)46(122-72)33-119-73-61(108)65(41(96)29-115-73)126-74-57(104)52(99)39(94)28-116-74/h13,15-16,37,39-70,72-79,89-90,93-110,113H,1,14,17-33H2,2-12H3,(H,88,91)/b34-15+/t37-,39-,40-,41-,42-,43-,44-,45-,46+,47+,48-,49-,50+,51+,52+,53+,54+,55+,56-,57-,58+,59-,60+,61-,62-,63+,64-,65-,66+,67+,68-,69-,70-,72-,73+,74-,75-,76+,77-,78+,79+,83+,84+,85+,86+,87-/m1/s1. The number of allylic oxidation sites excluding steroid dienone is 3. The highest BCUT2D eigenvalue weighted by atomic mass is 16.8. The highest BCUT2D eigenvalue weighted by Crippen LogP contribution is 2.77. The minimum atomic E-state index is -2.27. The first-order valence-electron chi connectivity index (χ1n) is 45.1. The molecule has 13 aliphatic rings. The fraction of sp³-hybridized carbons (Fsp3) is 0.885. The number of rotatable bonds is 28. The minimum absolute atomic E-state index is 0.0204. The molecule has 0 radical (unpaired) electrons. The third-order valence-corrected chi connectivity index (χ3v) is 30.7. The second-order valence-corrected chi connectivity index (χ2v) is 40.2. The van der Waals surface area contributed by atoms with Crippen LogP contribution in [0.3, 0.4) is 0 Å². The molecule has 4 saturated carbocycles. The fourth-order valence-electron chi connectivity index (χ4n) is 23.4. The van der Waals surface area contributed by atoms with E-state index < -0.39 is 360 Å². The lowest BCUT2D eigenvalue weighted by Crippen LogP contribution is -2.71. The van der Waals surface area contributed by atoms with Crippen molar-refractivity contribution in [1.29, 1.82) is 0 Å². The van der Waals surface area contributed by atoms with E-state index in [2.05, 4.69) is 38.7 Å². The van der Waals surface area contributed by atoms with Gasteiger partial charge in [-0.25, -0.2) is 4.79 Å². The van der Waals surface area contributed by atoms with Crippen molar-refractivity contribution in [2.45, 2.75) is 379 Å². The van der Waals surface area contributed by atoms with Crippen molar-refractivity contribution >= 4 is 23.8 Å². The summed E-state index contributed by atoms with van der Waals surface area (Å²) in [4.78, 5) is 56.3. The molecule has 5 aliphatic carbocycles. The van der Waals surface area contributed by atoms with Gasteiger partial charge in [-0.1, -0.05) is 72.3 Å². The van der Waals surface area contributed by atoms with E-state index in [9.17, 15) is 122 Å². The highest BCUT2D eigenvalue weighted by molar-refractivity contribution is 5.88. The number of ether oxygens (including phenoxy) is 18. The number of amides is 1. The van der Waals surface area contributed by atoms with Crippen molar-refractivity contribution in [2.75, 3.05) is 52.9 Å². The Balaban J connectivity index is 0.780. The lowest BCUT2D eigenvalue weighted by molar-refractivity contribution is -0.378. The van der Waals surface area contributed by atoms with Crippen molar-refractivity contribution in [1.82, 2.24) is 5.32 Å². The average Bonchev–Trinajstić information content (AvgIpc) is 0.710. The van der Waals surface area contributed by atoms with E-state index in [0.717, 1.165) is 12.5 Å². The fourth-order valence-corrected chi connectivity index (χ4v) is 23.4. The van der Waals surface area contributed by atoms with Gasteiger partial charge in [0.05, 0.1) is 70.2 Å². The number of carbonyl (C=O) groups is 4. The van der Waals surface area contributed by atoms with Crippen molar-refractivity contribution in [3.8, 4) is 0 Å². The Labute approximate surface area is 756 Å². The van der Waals surface area contributed by atoms with E-state index >= 15 is 4.79 Å². The molecular weight excluding hydrogens is 1750 g/mol. The van der Waals surface area contributed by atoms with Crippen LogP contribution in [-0.4, -0.2) is 423 Å². The van der Waals surface area contributed by atoms with Crippen LogP contribution in [0.2, 0.25) is 0 Å². The van der Waals surface area contributed by atoms with Gasteiger partial charge in [0, 0.05) is 25.3 Å². The lowest BCUT2D eigenvalue weighted by atomic mass is 9.32. The minimum Gasteiger partial charge on any atom is -0.463 e. The van der Waals surface area contributed by atoms with E-state index in [0.29, 0.717) is 32.1 Å². The van der Waals surface area contributed by atoms with Crippen LogP contribution in [-0.2, 0) is 104 Å². The molecule has 0 unspecified atom stereocenters. The number of nitrogens with one attached hydrogen (secondary N) is 1. The number of carbonyl (C=O) groups excluding carboxylic acids is 4. The number of hydrogen-bond acceptors (Lipinski definition) is 43. The van der Waals surface area contributed by atoms with Crippen LogP contribution in [0.4, 0.5) is 0 Å². The SMILES string of the molecule is C=C[C@](C)(O)CC/C=C(\C)C(=O)O[C@H]1[C@@H](O)[C@@H](O[C@H]2[C@H](O)[C@@H](O[C@@H]3OC[C@@H](O)[C@H](O[C@H]4O[C@H](CO)[C@H](O)[C@@H]4O)[C@@H]3O)[C@H](OC(=O)[C@@]34C[C@H](O)CC(C)(C)[C@H]3C3=CC[C@@H]5[C@@]6(C)CC[C@H](O[C@H]7O[C@@H](CO[C@@H]8OC[C@@H](O)[C@@H](O[C@H]9OC[C@@H](O)[C@H](O)[C@H]9O)[C@H]8O)[C@H](O[C@@H]8O[C@H](CO)[C@H](O)[C@@H](O)[C@H]8O)[C@@H](O)[C@@H]7NC(C)=O)C(C)(C)[C@@H]6CC[C@]5(C)[C@@]3(C)C[C@H]4O)O[C@@H]2COC(C)=O)OC[C@H]1O. The Bertz CT molecular complexity index is 3970. The molecule has 8 heterocycles. The van der Waals surface area contributed by atoms with E-state index in [1.807, 2.05) is 27.7 Å². The zero-order chi connectivity index (χ0) is 95.9. The molecule has 0 aromatic heterocycles. The topological polar surface area (TPSA) is 671 Å². The van der Waals surface area contributed by atoms with Gasteiger partial charge in [0.2, 0.25) is 12.2 Å². The normalized spacial score (nSPS) is 49.2. The summed E-state index contributed by atoms with van der Waals surface area (Å²) in [7, 11) is 0. The van der Waals surface area contributed by atoms with Gasteiger partial charge in [-0.05, 0) is 117 Å². The molecule has 8 aliphatic heterocycles. The average molecular weight is 1890 g/mol. The molecule has 0 aromatic carbocycles. The lowest BCUT2D eigenvalue weighted by Gasteiger charge is -2.72. The summed E-state index contributed by atoms with van der Waals surface area (Å²) in [6.45, 7) is 17.4. The van der Waals surface area contributed by atoms with Crippen molar-refractivity contribution in [2.24, 2.45) is 50.2 Å². The third-order valence-electron chi connectivity index (χ3n) is 30.7. The van der Waals surface area contributed by atoms with Gasteiger partial charge >= 0.3 is 17.9 Å². The Morgan fingerprint density at radius 3 is 1.62 bits per heavy atom. The van der Waals surface area contributed by atoms with Gasteiger partial charge in [-0.3, -0.25) is 14.4 Å². The molecule has 13 rings (SSSR count). The molecule has 0 spiro atoms. The predicted octanol–water partition coefficient (Wildman–Crippen LogP) is -6.67. The monoisotopic (exact) mass is 1880 g/mol. The first-order chi connectivity index (χ1) is 61.4. The van der Waals surface area contributed by atoms with E-state index in [-0.39, 0.29) is 43.1 Å². The van der Waals surface area contributed by atoms with Gasteiger partial charge in [-0.2, -0.15) is 0 Å². The Hall–Kier alpha value is -4.34. The number of aliphatic hydroxyl groups excluding tert-OH is 20. The Morgan fingerprint density at radius 2 is 1.02 bits per heavy atom. The van der Waals surface area contributed by atoms with Crippen LogP contribution in [0, 0.1) is 50.2 Å². The van der Waals surface area contributed by atoms with Crippen molar-refractivity contribution in [3.63, 3.8) is 0 Å². The molecule has 8 saturated heterocycles. The molecular formula is C87H137NO43. The van der Waals surface area contributed by atoms with Crippen LogP contribution in [0.5, 0.6) is 0 Å². The molecule has 0 aromatic rings.